The first-order chi connectivity index (χ1) is 6.90. The maximum atomic E-state index is 5.49. The average molecular weight is 190 g/mol. The number of ether oxygens (including phenoxy) is 2. The molecule has 1 aromatic rings. The van der Waals surface area contributed by atoms with E-state index in [2.05, 4.69) is 18.7 Å². The van der Waals surface area contributed by atoms with Gasteiger partial charge in [-0.15, -0.1) is 6.58 Å². The molecule has 14 heavy (non-hydrogen) atoms. The topological polar surface area (TPSA) is 18.5 Å². The van der Waals surface area contributed by atoms with Gasteiger partial charge < -0.3 is 9.47 Å². The van der Waals surface area contributed by atoms with E-state index in [9.17, 15) is 0 Å². The minimum absolute atomic E-state index is 0.651. The minimum atomic E-state index is 0.651. The van der Waals surface area contributed by atoms with Crippen LogP contribution in [0, 0.1) is 0 Å². The molecule has 74 valence electrons. The third-order valence-electron chi connectivity index (χ3n) is 2.24. The third-order valence-corrected chi connectivity index (χ3v) is 2.24. The van der Waals surface area contributed by atoms with Gasteiger partial charge in [-0.05, 0) is 30.5 Å². The van der Waals surface area contributed by atoms with Crippen LogP contribution in [0.25, 0.3) is 0 Å². The maximum absolute atomic E-state index is 5.49. The second-order valence-electron chi connectivity index (χ2n) is 3.31. The number of benzene rings is 1. The Labute approximate surface area is 84.2 Å². The van der Waals surface area contributed by atoms with Gasteiger partial charge in [-0.2, -0.15) is 0 Å². The largest absolute Gasteiger partial charge is 0.486 e. The first-order valence-corrected chi connectivity index (χ1v) is 4.89. The van der Waals surface area contributed by atoms with E-state index in [1.54, 1.807) is 0 Å². The summed E-state index contributed by atoms with van der Waals surface area (Å²) in [6, 6.07) is 6.11. The number of fused-ring (bicyclic) bond motifs is 1. The summed E-state index contributed by atoms with van der Waals surface area (Å²) in [6.45, 7) is 5.01. The summed E-state index contributed by atoms with van der Waals surface area (Å²) in [4.78, 5) is 0. The molecule has 0 spiro atoms. The lowest BCUT2D eigenvalue weighted by Gasteiger charge is -2.18. The number of hydrogen-bond acceptors (Lipinski definition) is 2. The molecule has 0 aromatic heterocycles. The highest BCUT2D eigenvalue weighted by Crippen LogP contribution is 2.30. The molecule has 0 saturated heterocycles. The van der Waals surface area contributed by atoms with E-state index in [4.69, 9.17) is 9.47 Å². The maximum Gasteiger partial charge on any atom is 0.161 e. The third kappa shape index (κ3) is 1.90. The molecule has 2 nitrogen and oxygen atoms in total. The van der Waals surface area contributed by atoms with Crippen molar-refractivity contribution in [2.45, 2.75) is 12.8 Å². The smallest absolute Gasteiger partial charge is 0.161 e. The predicted molar refractivity (Wildman–Crippen MR) is 56.0 cm³/mol. The van der Waals surface area contributed by atoms with Gasteiger partial charge in [0.15, 0.2) is 11.5 Å². The van der Waals surface area contributed by atoms with Crippen molar-refractivity contribution in [1.29, 1.82) is 0 Å². The molecule has 1 aromatic carbocycles. The predicted octanol–water partition coefficient (Wildman–Crippen LogP) is 2.58. The summed E-state index contributed by atoms with van der Waals surface area (Å²) in [5.74, 6) is 1.73. The van der Waals surface area contributed by atoms with Crippen molar-refractivity contribution in [1.82, 2.24) is 0 Å². The molecule has 1 heterocycles. The van der Waals surface area contributed by atoms with Gasteiger partial charge in [-0.1, -0.05) is 12.1 Å². The van der Waals surface area contributed by atoms with Gasteiger partial charge in [0.25, 0.3) is 0 Å². The molecule has 0 aliphatic carbocycles. The van der Waals surface area contributed by atoms with Crippen molar-refractivity contribution in [2.75, 3.05) is 13.2 Å². The monoisotopic (exact) mass is 190 g/mol. The molecule has 2 rings (SSSR count). The number of allylic oxidation sites excluding steroid dienone is 1. The molecular formula is C12H14O2. The zero-order valence-corrected chi connectivity index (χ0v) is 8.16. The molecule has 2 heteroatoms. The van der Waals surface area contributed by atoms with E-state index in [-0.39, 0.29) is 0 Å². The van der Waals surface area contributed by atoms with E-state index in [0.717, 1.165) is 24.3 Å². The van der Waals surface area contributed by atoms with E-state index in [0.29, 0.717) is 13.2 Å². The van der Waals surface area contributed by atoms with Crippen LogP contribution in [-0.2, 0) is 6.42 Å². The molecule has 0 amide bonds. The number of rotatable bonds is 3. The molecule has 0 saturated carbocycles. The van der Waals surface area contributed by atoms with Crippen LogP contribution < -0.4 is 9.47 Å². The summed E-state index contributed by atoms with van der Waals surface area (Å²) < 4.78 is 10.9. The van der Waals surface area contributed by atoms with Crippen LogP contribution in [0.4, 0.5) is 0 Å². The van der Waals surface area contributed by atoms with Crippen molar-refractivity contribution in [3.05, 3.63) is 36.4 Å². The van der Waals surface area contributed by atoms with Crippen LogP contribution in [0.2, 0.25) is 0 Å². The minimum Gasteiger partial charge on any atom is -0.486 e. The van der Waals surface area contributed by atoms with Crippen LogP contribution in [0.15, 0.2) is 30.9 Å². The normalized spacial score (nSPS) is 13.7. The molecule has 1 aliphatic rings. The fraction of sp³-hybridized carbons (Fsp3) is 0.333. The average Bonchev–Trinajstić information content (AvgIpc) is 2.26. The molecule has 0 fully saturated rings. The van der Waals surface area contributed by atoms with Crippen LogP contribution in [0.3, 0.4) is 0 Å². The van der Waals surface area contributed by atoms with Crippen LogP contribution in [-0.4, -0.2) is 13.2 Å². The molecular weight excluding hydrogens is 176 g/mol. The van der Waals surface area contributed by atoms with Gasteiger partial charge in [0, 0.05) is 0 Å². The number of hydrogen-bond donors (Lipinski definition) is 0. The summed E-state index contributed by atoms with van der Waals surface area (Å²) in [5, 5.41) is 0. The summed E-state index contributed by atoms with van der Waals surface area (Å²) in [7, 11) is 0. The quantitative estimate of drug-likeness (QED) is 0.682. The molecule has 0 radical (unpaired) electrons. The molecule has 1 aliphatic heterocycles. The Morgan fingerprint density at radius 3 is 2.79 bits per heavy atom. The molecule has 0 bridgehead atoms. The number of aryl methyl sites for hydroxylation is 1. The van der Waals surface area contributed by atoms with Crippen molar-refractivity contribution in [3.8, 4) is 11.5 Å². The van der Waals surface area contributed by atoms with Gasteiger partial charge in [-0.3, -0.25) is 0 Å². The fourth-order valence-electron chi connectivity index (χ4n) is 1.51. The van der Waals surface area contributed by atoms with Crippen LogP contribution in [0.5, 0.6) is 11.5 Å². The lowest BCUT2D eigenvalue weighted by molar-refractivity contribution is 0.171. The Kier molecular flexibility index (Phi) is 2.73. The first-order valence-electron chi connectivity index (χ1n) is 4.89. The molecule has 0 unspecified atom stereocenters. The van der Waals surface area contributed by atoms with E-state index >= 15 is 0 Å². The second-order valence-corrected chi connectivity index (χ2v) is 3.31. The van der Waals surface area contributed by atoms with Crippen LogP contribution in [0.1, 0.15) is 12.0 Å². The van der Waals surface area contributed by atoms with E-state index < -0.39 is 0 Å². The summed E-state index contributed by atoms with van der Waals surface area (Å²) in [6.07, 6.45) is 3.94. The lowest BCUT2D eigenvalue weighted by atomic mass is 10.1. The van der Waals surface area contributed by atoms with Crippen molar-refractivity contribution in [3.63, 3.8) is 0 Å². The van der Waals surface area contributed by atoms with E-state index in [1.165, 1.54) is 5.56 Å². The highest BCUT2D eigenvalue weighted by Gasteiger charge is 2.10. The molecule has 0 N–H and O–H groups in total. The van der Waals surface area contributed by atoms with Gasteiger partial charge in [0.1, 0.15) is 13.2 Å². The van der Waals surface area contributed by atoms with Crippen molar-refractivity contribution in [2.24, 2.45) is 0 Å². The lowest BCUT2D eigenvalue weighted by Crippen LogP contribution is -2.15. The van der Waals surface area contributed by atoms with Gasteiger partial charge in [0.05, 0.1) is 0 Å². The summed E-state index contributed by atoms with van der Waals surface area (Å²) in [5.41, 5.74) is 1.27. The Hall–Kier alpha value is -1.44. The Morgan fingerprint density at radius 2 is 2.00 bits per heavy atom. The zero-order chi connectivity index (χ0) is 9.80. The van der Waals surface area contributed by atoms with E-state index in [1.807, 2.05) is 12.1 Å². The fourth-order valence-corrected chi connectivity index (χ4v) is 1.51. The zero-order valence-electron chi connectivity index (χ0n) is 8.16. The van der Waals surface area contributed by atoms with Gasteiger partial charge >= 0.3 is 0 Å². The highest BCUT2D eigenvalue weighted by molar-refractivity contribution is 5.43. The summed E-state index contributed by atoms with van der Waals surface area (Å²) >= 11 is 0. The second kappa shape index (κ2) is 4.18. The molecule has 0 atom stereocenters. The van der Waals surface area contributed by atoms with Crippen molar-refractivity contribution >= 4 is 0 Å². The van der Waals surface area contributed by atoms with Gasteiger partial charge in [0.2, 0.25) is 0 Å². The van der Waals surface area contributed by atoms with Crippen molar-refractivity contribution < 1.29 is 9.47 Å². The van der Waals surface area contributed by atoms with Gasteiger partial charge in [-0.25, -0.2) is 0 Å². The Balaban J connectivity index is 2.16. The SMILES string of the molecule is C=CCCc1ccc2c(c1)OCCO2. The standard InChI is InChI=1S/C12H14O2/c1-2-3-4-10-5-6-11-12(9-10)14-8-7-13-11/h2,5-6,9H,1,3-4,7-8H2. The first kappa shape index (κ1) is 9.13. The Morgan fingerprint density at radius 1 is 1.21 bits per heavy atom. The van der Waals surface area contributed by atoms with Crippen LogP contribution >= 0.6 is 0 Å². The highest BCUT2D eigenvalue weighted by atomic mass is 16.6. The Bertz CT molecular complexity index is 331.